The minimum atomic E-state index is -0.302. The predicted octanol–water partition coefficient (Wildman–Crippen LogP) is 4.62. The van der Waals surface area contributed by atoms with Crippen molar-refractivity contribution in [2.45, 2.75) is 38.6 Å². The lowest BCUT2D eigenvalue weighted by atomic mass is 9.86. The molecule has 132 valence electrons. The molecular weight excluding hydrogens is 380 g/mol. The monoisotopic (exact) mass is 402 g/mol. The fourth-order valence-electron chi connectivity index (χ4n) is 2.96. The van der Waals surface area contributed by atoms with Crippen molar-refractivity contribution in [1.82, 2.24) is 5.32 Å². The Labute approximate surface area is 157 Å². The fourth-order valence-corrected chi connectivity index (χ4v) is 3.48. The van der Waals surface area contributed by atoms with Gasteiger partial charge in [-0.15, -0.1) is 0 Å². The lowest BCUT2D eigenvalue weighted by Crippen LogP contribution is -2.41. The maximum Gasteiger partial charge on any atom is 0.262 e. The van der Waals surface area contributed by atoms with Gasteiger partial charge >= 0.3 is 0 Å². The summed E-state index contributed by atoms with van der Waals surface area (Å²) in [6.07, 6.45) is 7.71. The van der Waals surface area contributed by atoms with Gasteiger partial charge in [-0.25, -0.2) is 0 Å². The molecule has 0 spiro atoms. The van der Waals surface area contributed by atoms with Crippen molar-refractivity contribution in [1.29, 1.82) is 5.26 Å². The lowest BCUT2D eigenvalue weighted by Gasteiger charge is -2.29. The van der Waals surface area contributed by atoms with E-state index in [0.29, 0.717) is 18.3 Å². The maximum absolute atomic E-state index is 12.4. The summed E-state index contributed by atoms with van der Waals surface area (Å²) in [4.78, 5) is 12.4. The van der Waals surface area contributed by atoms with Gasteiger partial charge in [0.05, 0.1) is 4.47 Å². The number of nitrogens with zero attached hydrogens (tertiary/aromatic N) is 1. The van der Waals surface area contributed by atoms with Crippen molar-refractivity contribution in [2.75, 3.05) is 6.61 Å². The number of benzene rings is 1. The molecule has 0 bridgehead atoms. The van der Waals surface area contributed by atoms with E-state index in [1.165, 1.54) is 6.42 Å². The van der Waals surface area contributed by atoms with Crippen LogP contribution in [-0.2, 0) is 4.79 Å². The van der Waals surface area contributed by atoms with Crippen molar-refractivity contribution in [3.8, 4) is 11.8 Å². The van der Waals surface area contributed by atoms with E-state index < -0.39 is 0 Å². The molecule has 4 nitrogen and oxygen atoms in total. The zero-order valence-corrected chi connectivity index (χ0v) is 16.0. The van der Waals surface area contributed by atoms with E-state index in [0.717, 1.165) is 29.3 Å². The lowest BCUT2D eigenvalue weighted by molar-refractivity contribution is -0.118. The minimum absolute atomic E-state index is 0.115. The summed E-state index contributed by atoms with van der Waals surface area (Å²) >= 11 is 3.44. The van der Waals surface area contributed by atoms with E-state index in [1.807, 2.05) is 18.2 Å². The summed E-state index contributed by atoms with van der Waals surface area (Å²) in [7, 11) is 0. The van der Waals surface area contributed by atoms with Crippen LogP contribution in [0.1, 0.15) is 38.2 Å². The van der Waals surface area contributed by atoms with Crippen LogP contribution in [0.4, 0.5) is 0 Å². The molecule has 0 aliphatic heterocycles. The average Bonchev–Trinajstić information content (AvgIpc) is 2.60. The van der Waals surface area contributed by atoms with Gasteiger partial charge in [0.25, 0.3) is 5.91 Å². The Hall–Kier alpha value is -2.06. The molecule has 0 heterocycles. The molecule has 1 aliphatic carbocycles. The van der Waals surface area contributed by atoms with Gasteiger partial charge < -0.3 is 10.1 Å². The number of ether oxygens (including phenoxy) is 1. The van der Waals surface area contributed by atoms with E-state index in [1.54, 1.807) is 18.2 Å². The molecule has 0 saturated heterocycles. The molecule has 1 fully saturated rings. The number of nitriles is 1. The van der Waals surface area contributed by atoms with E-state index in [9.17, 15) is 10.1 Å². The number of amides is 1. The van der Waals surface area contributed by atoms with Gasteiger partial charge in [0.2, 0.25) is 0 Å². The zero-order valence-electron chi connectivity index (χ0n) is 14.4. The van der Waals surface area contributed by atoms with Crippen molar-refractivity contribution < 1.29 is 9.53 Å². The Bertz CT molecular complexity index is 706. The standard InChI is InChI=1S/C20H23BrN2O2/c1-3-10-25-19-9-8-15(12-17(19)21)11-16(13-22)20(24)23-18-7-5-4-6-14(18)2/h3,8-9,11-12,14,18H,1,4-7,10H2,2H3,(H,23,24)/b16-11+/t14-,18-/m0/s1. The van der Waals surface area contributed by atoms with Crippen LogP contribution in [-0.4, -0.2) is 18.6 Å². The molecule has 1 saturated carbocycles. The molecule has 0 radical (unpaired) electrons. The Morgan fingerprint density at radius 2 is 2.24 bits per heavy atom. The Morgan fingerprint density at radius 3 is 2.88 bits per heavy atom. The van der Waals surface area contributed by atoms with Gasteiger partial charge in [0.15, 0.2) is 0 Å². The number of rotatable bonds is 6. The maximum atomic E-state index is 12.4. The first-order valence-electron chi connectivity index (χ1n) is 8.51. The van der Waals surface area contributed by atoms with E-state index in [4.69, 9.17) is 4.74 Å². The molecule has 1 N–H and O–H groups in total. The molecule has 0 unspecified atom stereocenters. The van der Waals surface area contributed by atoms with Crippen LogP contribution in [0.3, 0.4) is 0 Å². The topological polar surface area (TPSA) is 62.1 Å². The highest BCUT2D eigenvalue weighted by Crippen LogP contribution is 2.27. The number of hydrogen-bond acceptors (Lipinski definition) is 3. The Morgan fingerprint density at radius 1 is 1.48 bits per heavy atom. The molecule has 25 heavy (non-hydrogen) atoms. The summed E-state index contributed by atoms with van der Waals surface area (Å²) in [6, 6.07) is 7.61. The number of nitrogens with one attached hydrogen (secondary N) is 1. The highest BCUT2D eigenvalue weighted by molar-refractivity contribution is 9.10. The third-order valence-electron chi connectivity index (χ3n) is 4.42. The molecule has 1 aliphatic rings. The molecule has 5 heteroatoms. The van der Waals surface area contributed by atoms with Crippen LogP contribution >= 0.6 is 15.9 Å². The number of carbonyl (C=O) groups is 1. The molecular formula is C20H23BrN2O2. The van der Waals surface area contributed by atoms with Gasteiger partial charge in [0, 0.05) is 6.04 Å². The van der Waals surface area contributed by atoms with Crippen LogP contribution in [0, 0.1) is 17.2 Å². The summed E-state index contributed by atoms with van der Waals surface area (Å²) < 4.78 is 6.27. The second-order valence-electron chi connectivity index (χ2n) is 6.30. The highest BCUT2D eigenvalue weighted by Gasteiger charge is 2.24. The van der Waals surface area contributed by atoms with Crippen LogP contribution in [0.15, 0.2) is 40.9 Å². The third-order valence-corrected chi connectivity index (χ3v) is 5.04. The first kappa shape index (κ1) is 19.3. The summed E-state index contributed by atoms with van der Waals surface area (Å²) in [5, 5.41) is 12.4. The predicted molar refractivity (Wildman–Crippen MR) is 103 cm³/mol. The molecule has 2 atom stereocenters. The molecule has 0 aromatic heterocycles. The summed E-state index contributed by atoms with van der Waals surface area (Å²) in [5.41, 5.74) is 0.880. The summed E-state index contributed by atoms with van der Waals surface area (Å²) in [5.74, 6) is 0.841. The molecule has 2 rings (SSSR count). The van der Waals surface area contributed by atoms with Gasteiger partial charge in [-0.3, -0.25) is 4.79 Å². The largest absolute Gasteiger partial charge is 0.488 e. The van der Waals surface area contributed by atoms with Gasteiger partial charge in [0.1, 0.15) is 24.0 Å². The van der Waals surface area contributed by atoms with Crippen LogP contribution in [0.25, 0.3) is 6.08 Å². The van der Waals surface area contributed by atoms with Gasteiger partial charge in [-0.05, 0) is 58.5 Å². The summed E-state index contributed by atoms with van der Waals surface area (Å²) in [6.45, 7) is 6.18. The fraction of sp³-hybridized carbons (Fsp3) is 0.400. The van der Waals surface area contributed by atoms with Crippen molar-refractivity contribution in [2.24, 2.45) is 5.92 Å². The number of hydrogen-bond donors (Lipinski definition) is 1. The van der Waals surface area contributed by atoms with Gasteiger partial charge in [-0.2, -0.15) is 5.26 Å². The van der Waals surface area contributed by atoms with Gasteiger partial charge in [-0.1, -0.05) is 38.5 Å². The Kier molecular flexibility index (Phi) is 7.27. The number of carbonyl (C=O) groups excluding carboxylic acids is 1. The van der Waals surface area contributed by atoms with Crippen LogP contribution in [0.5, 0.6) is 5.75 Å². The average molecular weight is 403 g/mol. The SMILES string of the molecule is C=CCOc1ccc(/C=C(\C#N)C(=O)N[C@H]2CCCC[C@@H]2C)cc1Br. The Balaban J connectivity index is 2.10. The second kappa shape index (κ2) is 9.43. The zero-order chi connectivity index (χ0) is 18.2. The van der Waals surface area contributed by atoms with Crippen molar-refractivity contribution >= 4 is 27.9 Å². The molecule has 1 aromatic rings. The first-order chi connectivity index (χ1) is 12.0. The van der Waals surface area contributed by atoms with E-state index >= 15 is 0 Å². The quantitative estimate of drug-likeness (QED) is 0.429. The smallest absolute Gasteiger partial charge is 0.262 e. The minimum Gasteiger partial charge on any atom is -0.488 e. The second-order valence-corrected chi connectivity index (χ2v) is 7.16. The van der Waals surface area contributed by atoms with Crippen molar-refractivity contribution in [3.05, 3.63) is 46.5 Å². The van der Waals surface area contributed by atoms with Crippen LogP contribution < -0.4 is 10.1 Å². The molecule has 1 aromatic carbocycles. The molecule has 1 amide bonds. The first-order valence-corrected chi connectivity index (χ1v) is 9.30. The third kappa shape index (κ3) is 5.47. The van der Waals surface area contributed by atoms with Crippen LogP contribution in [0.2, 0.25) is 0 Å². The normalized spacial score (nSPS) is 20.4. The van der Waals surface area contributed by atoms with E-state index in [2.05, 4.69) is 34.7 Å². The van der Waals surface area contributed by atoms with E-state index in [-0.39, 0.29) is 17.5 Å². The highest BCUT2D eigenvalue weighted by atomic mass is 79.9. The number of halogens is 1. The van der Waals surface area contributed by atoms with Crippen molar-refractivity contribution in [3.63, 3.8) is 0 Å².